The largest absolute Gasteiger partial charge is 0.396 e. The highest BCUT2D eigenvalue weighted by molar-refractivity contribution is 7.89. The van der Waals surface area contributed by atoms with E-state index in [0.717, 1.165) is 6.42 Å². The van der Waals surface area contributed by atoms with Crippen LogP contribution in [0.25, 0.3) is 0 Å². The maximum atomic E-state index is 11.5. The Morgan fingerprint density at radius 2 is 1.76 bits per heavy atom. The van der Waals surface area contributed by atoms with E-state index in [4.69, 9.17) is 10.9 Å². The van der Waals surface area contributed by atoms with Crippen molar-refractivity contribution < 1.29 is 8.42 Å². The van der Waals surface area contributed by atoms with Gasteiger partial charge in [0.25, 0.3) is 0 Å². The normalized spacial score (nSPS) is 12.9. The summed E-state index contributed by atoms with van der Waals surface area (Å²) in [5, 5.41) is 8.37. The van der Waals surface area contributed by atoms with E-state index in [9.17, 15) is 8.42 Å². The monoisotopic (exact) mass is 305 g/mol. The number of para-hydroxylation sites is 1. The Bertz CT molecular complexity index is 715. The molecule has 0 aliphatic rings. The second kappa shape index (κ2) is 6.15. The van der Waals surface area contributed by atoms with E-state index in [1.165, 1.54) is 11.6 Å². The average Bonchev–Trinajstić information content (AvgIpc) is 2.41. The van der Waals surface area contributed by atoms with Crippen LogP contribution in [0.1, 0.15) is 12.5 Å². The van der Waals surface area contributed by atoms with Gasteiger partial charge >= 0.3 is 0 Å². The van der Waals surface area contributed by atoms with E-state index in [0.29, 0.717) is 5.69 Å². The molecule has 0 saturated heterocycles. The number of nitrogens with one attached hydrogen (secondary N) is 1. The SMILES string of the molecule is CC(Cc1ccccc1)Nc1cccc(S(N)(=O)=O)c1N. The Labute approximate surface area is 125 Å². The summed E-state index contributed by atoms with van der Waals surface area (Å²) >= 11 is 0. The highest BCUT2D eigenvalue weighted by Gasteiger charge is 2.15. The highest BCUT2D eigenvalue weighted by Crippen LogP contribution is 2.26. The summed E-state index contributed by atoms with van der Waals surface area (Å²) in [5.74, 6) is 0. The van der Waals surface area contributed by atoms with Crippen molar-refractivity contribution in [3.8, 4) is 0 Å². The molecule has 2 aromatic rings. The molecule has 5 N–H and O–H groups in total. The summed E-state index contributed by atoms with van der Waals surface area (Å²) in [5.41, 5.74) is 7.81. The molecule has 0 aromatic heterocycles. The molecular weight excluding hydrogens is 286 g/mol. The van der Waals surface area contributed by atoms with E-state index in [2.05, 4.69) is 5.32 Å². The molecule has 0 amide bonds. The lowest BCUT2D eigenvalue weighted by Gasteiger charge is -2.18. The third kappa shape index (κ3) is 3.96. The average molecular weight is 305 g/mol. The first-order valence-electron chi connectivity index (χ1n) is 6.59. The molecule has 1 atom stereocenters. The van der Waals surface area contributed by atoms with Gasteiger partial charge in [0.05, 0.1) is 11.4 Å². The molecule has 5 nitrogen and oxygen atoms in total. The summed E-state index contributed by atoms with van der Waals surface area (Å²) in [6, 6.07) is 14.9. The van der Waals surface area contributed by atoms with Crippen LogP contribution >= 0.6 is 0 Å². The topological polar surface area (TPSA) is 98.2 Å². The molecule has 2 aromatic carbocycles. The van der Waals surface area contributed by atoms with Gasteiger partial charge in [0.15, 0.2) is 0 Å². The van der Waals surface area contributed by atoms with E-state index >= 15 is 0 Å². The first-order valence-corrected chi connectivity index (χ1v) is 8.14. The zero-order valence-electron chi connectivity index (χ0n) is 11.8. The molecule has 0 fully saturated rings. The first-order chi connectivity index (χ1) is 9.88. The number of hydrogen-bond donors (Lipinski definition) is 3. The fraction of sp³-hybridized carbons (Fsp3) is 0.200. The zero-order valence-corrected chi connectivity index (χ0v) is 12.6. The van der Waals surface area contributed by atoms with Gasteiger partial charge in [-0.2, -0.15) is 0 Å². The number of sulfonamides is 1. The Morgan fingerprint density at radius 3 is 2.38 bits per heavy atom. The first kappa shape index (κ1) is 15.3. The third-order valence-corrected chi connectivity index (χ3v) is 4.13. The molecule has 1 unspecified atom stereocenters. The van der Waals surface area contributed by atoms with Crippen molar-refractivity contribution in [1.29, 1.82) is 0 Å². The zero-order chi connectivity index (χ0) is 15.5. The molecule has 0 bridgehead atoms. The number of primary sulfonamides is 1. The molecule has 2 rings (SSSR count). The quantitative estimate of drug-likeness (QED) is 0.735. The van der Waals surface area contributed by atoms with Gasteiger partial charge in [0.2, 0.25) is 10.0 Å². The van der Waals surface area contributed by atoms with Crippen molar-refractivity contribution in [1.82, 2.24) is 0 Å². The van der Waals surface area contributed by atoms with Gasteiger partial charge in [-0.25, -0.2) is 13.6 Å². The molecule has 0 spiro atoms. The lowest BCUT2D eigenvalue weighted by molar-refractivity contribution is 0.598. The minimum Gasteiger partial charge on any atom is -0.396 e. The third-order valence-electron chi connectivity index (χ3n) is 3.16. The standard InChI is InChI=1S/C15H19N3O2S/c1-11(10-12-6-3-2-4-7-12)18-13-8-5-9-14(15(13)16)21(17,19)20/h2-9,11,18H,10,16H2,1H3,(H2,17,19,20). The van der Waals surface area contributed by atoms with Gasteiger partial charge in [-0.15, -0.1) is 0 Å². The van der Waals surface area contributed by atoms with Gasteiger partial charge in [0, 0.05) is 6.04 Å². The molecule has 6 heteroatoms. The Morgan fingerprint density at radius 1 is 1.10 bits per heavy atom. The maximum absolute atomic E-state index is 11.5. The number of nitrogen functional groups attached to an aromatic ring is 1. The predicted molar refractivity (Wildman–Crippen MR) is 85.5 cm³/mol. The van der Waals surface area contributed by atoms with Crippen LogP contribution in [0.15, 0.2) is 53.4 Å². The summed E-state index contributed by atoms with van der Waals surface area (Å²) in [6.07, 6.45) is 0.805. The predicted octanol–water partition coefficient (Wildman–Crippen LogP) is 1.96. The van der Waals surface area contributed by atoms with Crippen molar-refractivity contribution in [3.05, 3.63) is 54.1 Å². The number of nitrogens with two attached hydrogens (primary N) is 2. The number of hydrogen-bond acceptors (Lipinski definition) is 4. The minimum atomic E-state index is -3.82. The summed E-state index contributed by atoms with van der Waals surface area (Å²) < 4.78 is 22.9. The van der Waals surface area contributed by atoms with Crippen LogP contribution in [0, 0.1) is 0 Å². The Hall–Kier alpha value is -2.05. The van der Waals surface area contributed by atoms with Gasteiger partial charge in [-0.1, -0.05) is 36.4 Å². The van der Waals surface area contributed by atoms with Crippen molar-refractivity contribution in [2.24, 2.45) is 5.14 Å². The van der Waals surface area contributed by atoms with Crippen molar-refractivity contribution in [3.63, 3.8) is 0 Å². The van der Waals surface area contributed by atoms with Crippen LogP contribution in [0.3, 0.4) is 0 Å². The smallest absolute Gasteiger partial charge is 0.240 e. The molecule has 0 radical (unpaired) electrons. The Kier molecular flexibility index (Phi) is 4.50. The van der Waals surface area contributed by atoms with E-state index in [-0.39, 0.29) is 16.6 Å². The van der Waals surface area contributed by atoms with Gasteiger partial charge < -0.3 is 11.1 Å². The van der Waals surface area contributed by atoms with Gasteiger partial charge in [-0.3, -0.25) is 0 Å². The van der Waals surface area contributed by atoms with Crippen LogP contribution < -0.4 is 16.2 Å². The molecule has 21 heavy (non-hydrogen) atoms. The van der Waals surface area contributed by atoms with Gasteiger partial charge in [-0.05, 0) is 31.0 Å². The lowest BCUT2D eigenvalue weighted by Crippen LogP contribution is -2.20. The number of rotatable bonds is 5. The second-order valence-corrected chi connectivity index (χ2v) is 6.53. The summed E-state index contributed by atoms with van der Waals surface area (Å²) in [6.45, 7) is 2.01. The molecule has 112 valence electrons. The minimum absolute atomic E-state index is 0.0561. The van der Waals surface area contributed by atoms with E-state index in [1.807, 2.05) is 37.3 Å². The number of benzene rings is 2. The van der Waals surface area contributed by atoms with Crippen LogP contribution in [0.5, 0.6) is 0 Å². The molecular formula is C15H19N3O2S. The molecule has 0 aliphatic heterocycles. The Balaban J connectivity index is 2.17. The summed E-state index contributed by atoms with van der Waals surface area (Å²) in [4.78, 5) is -0.0561. The van der Waals surface area contributed by atoms with Crippen LogP contribution in [0.2, 0.25) is 0 Å². The number of anilines is 2. The fourth-order valence-corrected chi connectivity index (χ4v) is 2.89. The molecule has 0 aliphatic carbocycles. The summed E-state index contributed by atoms with van der Waals surface area (Å²) in [7, 11) is -3.82. The van der Waals surface area contributed by atoms with Crippen molar-refractivity contribution in [2.45, 2.75) is 24.3 Å². The maximum Gasteiger partial charge on any atom is 0.240 e. The van der Waals surface area contributed by atoms with E-state index in [1.54, 1.807) is 12.1 Å². The van der Waals surface area contributed by atoms with Crippen LogP contribution in [0.4, 0.5) is 11.4 Å². The second-order valence-electron chi connectivity index (χ2n) is 5.00. The molecule has 0 saturated carbocycles. The van der Waals surface area contributed by atoms with Crippen LogP contribution in [-0.4, -0.2) is 14.5 Å². The lowest BCUT2D eigenvalue weighted by atomic mass is 10.1. The molecule has 0 heterocycles. The highest BCUT2D eigenvalue weighted by atomic mass is 32.2. The van der Waals surface area contributed by atoms with Crippen LogP contribution in [-0.2, 0) is 16.4 Å². The fourth-order valence-electron chi connectivity index (χ4n) is 2.20. The van der Waals surface area contributed by atoms with Crippen molar-refractivity contribution >= 4 is 21.4 Å². The van der Waals surface area contributed by atoms with E-state index < -0.39 is 10.0 Å². The van der Waals surface area contributed by atoms with Crippen molar-refractivity contribution in [2.75, 3.05) is 11.1 Å². The van der Waals surface area contributed by atoms with Gasteiger partial charge in [0.1, 0.15) is 4.90 Å².